The Morgan fingerprint density at radius 2 is 2.19 bits per heavy atom. The zero-order chi connectivity index (χ0) is 14.7. The van der Waals surface area contributed by atoms with Crippen molar-refractivity contribution in [2.24, 2.45) is 0 Å². The van der Waals surface area contributed by atoms with E-state index in [1.54, 1.807) is 6.20 Å². The molecule has 21 heavy (non-hydrogen) atoms. The molecule has 6 heteroatoms. The van der Waals surface area contributed by atoms with Crippen molar-refractivity contribution >= 4 is 29.0 Å². The van der Waals surface area contributed by atoms with Gasteiger partial charge in [-0.15, -0.1) is 0 Å². The smallest absolute Gasteiger partial charge is 0.244 e. The minimum absolute atomic E-state index is 0.0459. The number of carbonyl (C=O) groups excluding carboxylic acids is 1. The summed E-state index contributed by atoms with van der Waals surface area (Å²) in [5.41, 5.74) is 1.74. The van der Waals surface area contributed by atoms with Crippen LogP contribution in [0, 0.1) is 0 Å². The van der Waals surface area contributed by atoms with Gasteiger partial charge >= 0.3 is 0 Å². The number of nitrogens with one attached hydrogen (secondary N) is 2. The van der Waals surface area contributed by atoms with E-state index in [4.69, 9.17) is 0 Å². The van der Waals surface area contributed by atoms with E-state index in [0.717, 1.165) is 24.3 Å². The molecular formula is C15H17N5O. The summed E-state index contributed by atoms with van der Waals surface area (Å²) < 4.78 is 0. The molecule has 0 bridgehead atoms. The third-order valence-corrected chi connectivity index (χ3v) is 3.22. The number of aromatic nitrogens is 2. The van der Waals surface area contributed by atoms with Crippen LogP contribution in [-0.4, -0.2) is 29.0 Å². The van der Waals surface area contributed by atoms with E-state index in [0.29, 0.717) is 11.8 Å². The third kappa shape index (κ3) is 2.79. The molecule has 0 unspecified atom stereocenters. The van der Waals surface area contributed by atoms with Gasteiger partial charge in [0.15, 0.2) is 0 Å². The maximum absolute atomic E-state index is 11.9. The van der Waals surface area contributed by atoms with Gasteiger partial charge in [-0.1, -0.05) is 19.1 Å². The Bertz CT molecular complexity index is 658. The highest BCUT2D eigenvalue weighted by atomic mass is 16.2. The number of anilines is 4. The van der Waals surface area contributed by atoms with Gasteiger partial charge in [-0.05, 0) is 24.6 Å². The van der Waals surface area contributed by atoms with E-state index < -0.39 is 0 Å². The van der Waals surface area contributed by atoms with Crippen LogP contribution in [0.3, 0.4) is 0 Å². The van der Waals surface area contributed by atoms with Crippen LogP contribution in [0.1, 0.15) is 13.3 Å². The topological polar surface area (TPSA) is 70.2 Å². The van der Waals surface area contributed by atoms with Crippen molar-refractivity contribution in [2.75, 3.05) is 28.6 Å². The van der Waals surface area contributed by atoms with Gasteiger partial charge in [0.05, 0.1) is 11.4 Å². The lowest BCUT2D eigenvalue weighted by atomic mass is 10.2. The molecule has 0 fully saturated rings. The Morgan fingerprint density at radius 1 is 1.33 bits per heavy atom. The van der Waals surface area contributed by atoms with Crippen LogP contribution in [0.2, 0.25) is 0 Å². The maximum atomic E-state index is 11.9. The molecule has 2 N–H and O–H groups in total. The lowest BCUT2D eigenvalue weighted by Crippen LogP contribution is -2.35. The predicted molar refractivity (Wildman–Crippen MR) is 82.9 cm³/mol. The predicted octanol–water partition coefficient (Wildman–Crippen LogP) is 2.39. The van der Waals surface area contributed by atoms with Crippen LogP contribution in [0.4, 0.5) is 23.1 Å². The summed E-state index contributed by atoms with van der Waals surface area (Å²) in [6, 6.07) is 9.51. The molecule has 1 aliphatic rings. The molecule has 0 aliphatic carbocycles. The fourth-order valence-corrected chi connectivity index (χ4v) is 2.26. The number of hydrogen-bond donors (Lipinski definition) is 2. The van der Waals surface area contributed by atoms with Gasteiger partial charge in [-0.2, -0.15) is 4.98 Å². The van der Waals surface area contributed by atoms with Crippen LogP contribution in [0.25, 0.3) is 0 Å². The van der Waals surface area contributed by atoms with Crippen LogP contribution >= 0.6 is 0 Å². The van der Waals surface area contributed by atoms with Crippen molar-refractivity contribution < 1.29 is 4.79 Å². The quantitative estimate of drug-likeness (QED) is 0.901. The van der Waals surface area contributed by atoms with Gasteiger partial charge in [0.25, 0.3) is 0 Å². The number of nitrogens with zero attached hydrogens (tertiary/aromatic N) is 3. The number of fused-ring (bicyclic) bond motifs is 1. The molecular weight excluding hydrogens is 266 g/mol. The van der Waals surface area contributed by atoms with Crippen molar-refractivity contribution in [2.45, 2.75) is 13.3 Å². The highest BCUT2D eigenvalue weighted by Gasteiger charge is 2.23. The van der Waals surface area contributed by atoms with E-state index in [-0.39, 0.29) is 12.5 Å². The summed E-state index contributed by atoms with van der Waals surface area (Å²) in [6.07, 6.45) is 2.71. The number of carbonyl (C=O) groups is 1. The molecule has 1 amide bonds. The fraction of sp³-hybridized carbons (Fsp3) is 0.267. The molecule has 2 aromatic rings. The summed E-state index contributed by atoms with van der Waals surface area (Å²) in [4.78, 5) is 22.4. The Labute approximate surface area is 123 Å². The average Bonchev–Trinajstić information content (AvgIpc) is 2.52. The second-order valence-corrected chi connectivity index (χ2v) is 4.82. The normalized spacial score (nSPS) is 13.6. The number of benzene rings is 1. The number of amides is 1. The van der Waals surface area contributed by atoms with Gasteiger partial charge in [-0.25, -0.2) is 4.98 Å². The van der Waals surface area contributed by atoms with E-state index >= 15 is 0 Å². The minimum atomic E-state index is -0.0459. The SMILES string of the molecule is CCCNc1nccc(N2CC(=O)Nc3ccccc32)n1. The first kappa shape index (κ1) is 13.4. The maximum Gasteiger partial charge on any atom is 0.244 e. The molecule has 1 aromatic carbocycles. The monoisotopic (exact) mass is 283 g/mol. The largest absolute Gasteiger partial charge is 0.354 e. The molecule has 0 saturated carbocycles. The van der Waals surface area contributed by atoms with Crippen molar-refractivity contribution in [1.29, 1.82) is 0 Å². The molecule has 0 atom stereocenters. The van der Waals surface area contributed by atoms with E-state index in [1.165, 1.54) is 0 Å². The van der Waals surface area contributed by atoms with Crippen LogP contribution in [0.15, 0.2) is 36.5 Å². The first-order valence-corrected chi connectivity index (χ1v) is 7.01. The molecule has 0 radical (unpaired) electrons. The molecule has 108 valence electrons. The Morgan fingerprint density at radius 3 is 3.05 bits per heavy atom. The summed E-state index contributed by atoms with van der Waals surface area (Å²) in [6.45, 7) is 3.16. The van der Waals surface area contributed by atoms with Gasteiger partial charge < -0.3 is 15.5 Å². The van der Waals surface area contributed by atoms with Crippen molar-refractivity contribution in [3.8, 4) is 0 Å². The third-order valence-electron chi connectivity index (χ3n) is 3.22. The first-order valence-electron chi connectivity index (χ1n) is 7.01. The highest BCUT2D eigenvalue weighted by Crippen LogP contribution is 2.33. The van der Waals surface area contributed by atoms with Crippen LogP contribution in [0.5, 0.6) is 0 Å². The Balaban J connectivity index is 1.95. The lowest BCUT2D eigenvalue weighted by molar-refractivity contribution is -0.115. The second-order valence-electron chi connectivity index (χ2n) is 4.82. The number of hydrogen-bond acceptors (Lipinski definition) is 5. The minimum Gasteiger partial charge on any atom is -0.354 e. The summed E-state index contributed by atoms with van der Waals surface area (Å²) in [5, 5.41) is 6.03. The van der Waals surface area contributed by atoms with Gasteiger partial charge in [-0.3, -0.25) is 4.79 Å². The average molecular weight is 283 g/mol. The van der Waals surface area contributed by atoms with Gasteiger partial charge in [0, 0.05) is 12.7 Å². The molecule has 0 saturated heterocycles. The van der Waals surface area contributed by atoms with Crippen molar-refractivity contribution in [3.05, 3.63) is 36.5 Å². The number of para-hydroxylation sites is 2. The molecule has 1 aliphatic heterocycles. The summed E-state index contributed by atoms with van der Waals surface area (Å²) >= 11 is 0. The first-order chi connectivity index (χ1) is 10.3. The zero-order valence-electron chi connectivity index (χ0n) is 11.8. The summed E-state index contributed by atoms with van der Waals surface area (Å²) in [7, 11) is 0. The van der Waals surface area contributed by atoms with Crippen LogP contribution < -0.4 is 15.5 Å². The zero-order valence-corrected chi connectivity index (χ0v) is 11.8. The highest BCUT2D eigenvalue weighted by molar-refractivity contribution is 6.02. The molecule has 1 aromatic heterocycles. The van der Waals surface area contributed by atoms with Crippen molar-refractivity contribution in [1.82, 2.24) is 9.97 Å². The molecule has 6 nitrogen and oxygen atoms in total. The standard InChI is InChI=1S/C15H17N5O/c1-2-8-16-15-17-9-7-13(19-15)20-10-14(21)18-11-5-3-4-6-12(11)20/h3-7,9H,2,8,10H2,1H3,(H,18,21)(H,16,17,19). The summed E-state index contributed by atoms with van der Waals surface area (Å²) in [5.74, 6) is 1.25. The number of rotatable bonds is 4. The molecule has 2 heterocycles. The van der Waals surface area contributed by atoms with E-state index in [9.17, 15) is 4.79 Å². The lowest BCUT2D eigenvalue weighted by Gasteiger charge is -2.30. The van der Waals surface area contributed by atoms with Crippen molar-refractivity contribution in [3.63, 3.8) is 0 Å². The van der Waals surface area contributed by atoms with E-state index in [1.807, 2.05) is 35.2 Å². The Kier molecular flexibility index (Phi) is 3.68. The van der Waals surface area contributed by atoms with E-state index in [2.05, 4.69) is 27.5 Å². The van der Waals surface area contributed by atoms with Gasteiger partial charge in [0.1, 0.15) is 12.4 Å². The van der Waals surface area contributed by atoms with Gasteiger partial charge in [0.2, 0.25) is 11.9 Å². The fourth-order valence-electron chi connectivity index (χ4n) is 2.26. The Hall–Kier alpha value is -2.63. The van der Waals surface area contributed by atoms with Crippen LogP contribution in [-0.2, 0) is 4.79 Å². The second kappa shape index (κ2) is 5.78. The molecule has 0 spiro atoms. The molecule has 3 rings (SSSR count).